The number of hydrogen-bond donors (Lipinski definition) is 3. The maximum absolute atomic E-state index is 12.8. The van der Waals surface area contributed by atoms with Crippen LogP contribution in [-0.2, 0) is 0 Å². The minimum absolute atomic E-state index is 0.0683. The van der Waals surface area contributed by atoms with E-state index in [1.54, 1.807) is 54.6 Å². The Kier molecular flexibility index (Phi) is 6.74. The quantitative estimate of drug-likeness (QED) is 0.343. The van der Waals surface area contributed by atoms with E-state index in [0.29, 0.717) is 28.5 Å². The summed E-state index contributed by atoms with van der Waals surface area (Å²) in [5.74, 6) is 0.0478. The van der Waals surface area contributed by atoms with Crippen LogP contribution in [0.25, 0.3) is 11.0 Å². The van der Waals surface area contributed by atoms with Crippen LogP contribution in [0.5, 0.6) is 11.5 Å². The number of carbonyl (C=O) groups is 2. The number of benzene rings is 3. The Bertz CT molecular complexity index is 1330. The van der Waals surface area contributed by atoms with Crippen LogP contribution in [-0.4, -0.2) is 31.1 Å². The van der Waals surface area contributed by atoms with Gasteiger partial charge in [0, 0.05) is 16.8 Å². The highest BCUT2D eigenvalue weighted by Crippen LogP contribution is 2.28. The molecule has 0 unspecified atom stereocenters. The summed E-state index contributed by atoms with van der Waals surface area (Å²) >= 11 is 5.29. The molecule has 8 nitrogen and oxygen atoms in total. The molecule has 0 fully saturated rings. The summed E-state index contributed by atoms with van der Waals surface area (Å²) in [7, 11) is 2.93. The molecule has 3 N–H and O–H groups in total. The van der Waals surface area contributed by atoms with E-state index >= 15 is 0 Å². The van der Waals surface area contributed by atoms with Crippen LogP contribution in [0.2, 0.25) is 0 Å². The zero-order chi connectivity index (χ0) is 24.1. The molecular weight excluding hydrogens is 454 g/mol. The summed E-state index contributed by atoms with van der Waals surface area (Å²) in [4.78, 5) is 25.4. The van der Waals surface area contributed by atoms with Crippen molar-refractivity contribution in [2.24, 2.45) is 0 Å². The normalized spacial score (nSPS) is 10.4. The van der Waals surface area contributed by atoms with Crippen molar-refractivity contribution in [1.29, 1.82) is 0 Å². The topological polar surface area (TPSA) is 102 Å². The number of para-hydroxylation sites is 1. The number of hydrogen-bond acceptors (Lipinski definition) is 6. The number of rotatable bonds is 6. The second-order valence-electron chi connectivity index (χ2n) is 7.13. The molecule has 9 heteroatoms. The first-order valence-electron chi connectivity index (χ1n) is 10.2. The Balaban J connectivity index is 1.43. The van der Waals surface area contributed by atoms with Gasteiger partial charge in [-0.2, -0.15) is 0 Å². The predicted molar refractivity (Wildman–Crippen MR) is 134 cm³/mol. The van der Waals surface area contributed by atoms with E-state index in [0.717, 1.165) is 5.39 Å². The van der Waals surface area contributed by atoms with Crippen LogP contribution in [0.1, 0.15) is 20.9 Å². The van der Waals surface area contributed by atoms with E-state index in [4.69, 9.17) is 26.1 Å². The van der Waals surface area contributed by atoms with Crippen LogP contribution in [0.15, 0.2) is 77.2 Å². The Morgan fingerprint density at radius 1 is 0.794 bits per heavy atom. The van der Waals surface area contributed by atoms with Gasteiger partial charge < -0.3 is 24.5 Å². The molecular formula is C25H21N3O5S. The monoisotopic (exact) mass is 475 g/mol. The lowest BCUT2D eigenvalue weighted by Gasteiger charge is -2.14. The molecule has 0 bridgehead atoms. The van der Waals surface area contributed by atoms with Gasteiger partial charge in [-0.1, -0.05) is 30.3 Å². The van der Waals surface area contributed by atoms with Crippen LogP contribution >= 0.6 is 12.2 Å². The van der Waals surface area contributed by atoms with Crippen molar-refractivity contribution in [2.75, 3.05) is 24.9 Å². The number of anilines is 2. The summed E-state index contributed by atoms with van der Waals surface area (Å²) in [6, 6.07) is 21.0. The molecule has 0 radical (unpaired) electrons. The molecule has 2 amide bonds. The van der Waals surface area contributed by atoms with Crippen molar-refractivity contribution in [3.63, 3.8) is 0 Å². The molecule has 0 aliphatic heterocycles. The lowest BCUT2D eigenvalue weighted by molar-refractivity contribution is 0.0969. The molecule has 4 rings (SSSR count). The van der Waals surface area contributed by atoms with Crippen molar-refractivity contribution in [1.82, 2.24) is 5.32 Å². The van der Waals surface area contributed by atoms with E-state index < -0.39 is 5.91 Å². The van der Waals surface area contributed by atoms with Crippen LogP contribution < -0.4 is 25.4 Å². The maximum Gasteiger partial charge on any atom is 0.291 e. The first-order valence-corrected chi connectivity index (χ1v) is 10.6. The SMILES string of the molecule is COc1cccc(OC)c1C(=O)NC(=S)Nc1cccc(NC(=O)c2cc3ccccc3o2)c1. The lowest BCUT2D eigenvalue weighted by Crippen LogP contribution is -2.34. The van der Waals surface area contributed by atoms with Gasteiger partial charge in [-0.3, -0.25) is 14.9 Å². The minimum atomic E-state index is -0.485. The molecule has 1 heterocycles. The summed E-state index contributed by atoms with van der Waals surface area (Å²) in [6.07, 6.45) is 0. The molecule has 0 spiro atoms. The third-order valence-corrected chi connectivity index (χ3v) is 5.11. The van der Waals surface area contributed by atoms with E-state index in [-0.39, 0.29) is 22.3 Å². The number of furan rings is 1. The number of amides is 2. The van der Waals surface area contributed by atoms with Gasteiger partial charge in [0.2, 0.25) is 0 Å². The molecule has 172 valence electrons. The first-order chi connectivity index (χ1) is 16.5. The highest BCUT2D eigenvalue weighted by atomic mass is 32.1. The molecule has 1 aromatic heterocycles. The Hall–Kier alpha value is -4.37. The molecule has 0 atom stereocenters. The van der Waals surface area contributed by atoms with Crippen molar-refractivity contribution in [2.45, 2.75) is 0 Å². The predicted octanol–water partition coefficient (Wildman–Crippen LogP) is 4.83. The standard InChI is InChI=1S/C25H21N3O5S/c1-31-19-11-6-12-20(32-2)22(19)24(30)28-25(34)27-17-9-5-8-16(14-17)26-23(29)21-13-15-7-3-4-10-18(15)33-21/h3-14H,1-2H3,(H,26,29)(H2,27,28,30,34). The van der Waals surface area contributed by atoms with Gasteiger partial charge in [-0.15, -0.1) is 0 Å². The highest BCUT2D eigenvalue weighted by Gasteiger charge is 2.19. The number of thiocarbonyl (C=S) groups is 1. The average Bonchev–Trinajstić information content (AvgIpc) is 3.28. The van der Waals surface area contributed by atoms with Gasteiger partial charge >= 0.3 is 0 Å². The number of nitrogens with one attached hydrogen (secondary N) is 3. The van der Waals surface area contributed by atoms with Gasteiger partial charge in [0.05, 0.1) is 14.2 Å². The minimum Gasteiger partial charge on any atom is -0.496 e. The van der Waals surface area contributed by atoms with E-state index in [2.05, 4.69) is 16.0 Å². The molecule has 3 aromatic carbocycles. The van der Waals surface area contributed by atoms with E-state index in [1.165, 1.54) is 14.2 Å². The van der Waals surface area contributed by atoms with Gasteiger partial charge in [0.25, 0.3) is 11.8 Å². The Morgan fingerprint density at radius 2 is 1.44 bits per heavy atom. The summed E-state index contributed by atoms with van der Waals surface area (Å²) < 4.78 is 16.1. The largest absolute Gasteiger partial charge is 0.496 e. The van der Waals surface area contributed by atoms with Gasteiger partial charge in [0.1, 0.15) is 22.6 Å². The Labute approximate surface area is 200 Å². The van der Waals surface area contributed by atoms with Crippen LogP contribution in [0.4, 0.5) is 11.4 Å². The fraction of sp³-hybridized carbons (Fsp3) is 0.0800. The highest BCUT2D eigenvalue weighted by molar-refractivity contribution is 7.80. The fourth-order valence-corrected chi connectivity index (χ4v) is 3.57. The van der Waals surface area contributed by atoms with Crippen molar-refractivity contribution in [3.05, 3.63) is 84.1 Å². The van der Waals surface area contributed by atoms with Crippen molar-refractivity contribution in [3.8, 4) is 11.5 Å². The second-order valence-corrected chi connectivity index (χ2v) is 7.54. The molecule has 34 heavy (non-hydrogen) atoms. The number of ether oxygens (including phenoxy) is 2. The first kappa shape index (κ1) is 22.8. The van der Waals surface area contributed by atoms with Crippen LogP contribution in [0.3, 0.4) is 0 Å². The molecule has 0 aliphatic carbocycles. The molecule has 0 saturated heterocycles. The zero-order valence-electron chi connectivity index (χ0n) is 18.4. The van der Waals surface area contributed by atoms with Crippen molar-refractivity contribution < 1.29 is 23.5 Å². The summed E-state index contributed by atoms with van der Waals surface area (Å²) in [5.41, 5.74) is 1.95. The molecule has 4 aromatic rings. The van der Waals surface area contributed by atoms with Gasteiger partial charge in [-0.25, -0.2) is 0 Å². The van der Waals surface area contributed by atoms with Gasteiger partial charge in [0.15, 0.2) is 10.9 Å². The molecule has 0 saturated carbocycles. The lowest BCUT2D eigenvalue weighted by atomic mass is 10.1. The van der Waals surface area contributed by atoms with E-state index in [9.17, 15) is 9.59 Å². The summed E-state index contributed by atoms with van der Waals surface area (Å²) in [5, 5.41) is 9.25. The number of methoxy groups -OCH3 is 2. The Morgan fingerprint density at radius 3 is 2.12 bits per heavy atom. The third-order valence-electron chi connectivity index (χ3n) is 4.91. The third kappa shape index (κ3) is 5.00. The van der Waals surface area contributed by atoms with E-state index in [1.807, 2.05) is 18.2 Å². The molecule has 0 aliphatic rings. The van der Waals surface area contributed by atoms with Crippen molar-refractivity contribution >= 4 is 51.5 Å². The zero-order valence-corrected chi connectivity index (χ0v) is 19.2. The number of fused-ring (bicyclic) bond motifs is 1. The summed E-state index contributed by atoms with van der Waals surface area (Å²) in [6.45, 7) is 0. The average molecular weight is 476 g/mol. The second kappa shape index (κ2) is 10.1. The smallest absolute Gasteiger partial charge is 0.291 e. The number of carbonyl (C=O) groups excluding carboxylic acids is 2. The van der Waals surface area contributed by atoms with Crippen LogP contribution in [0, 0.1) is 0 Å². The fourth-order valence-electron chi connectivity index (χ4n) is 3.36. The maximum atomic E-state index is 12.8. The van der Waals surface area contributed by atoms with Gasteiger partial charge in [-0.05, 0) is 54.7 Å².